The van der Waals surface area contributed by atoms with Crippen molar-refractivity contribution in [3.8, 4) is 0 Å². The number of aliphatic hydroxyl groups is 1. The molecule has 0 radical (unpaired) electrons. The molecule has 1 aliphatic carbocycles. The summed E-state index contributed by atoms with van der Waals surface area (Å²) in [6.07, 6.45) is 8.56. The van der Waals surface area contributed by atoms with E-state index in [-0.39, 0.29) is 0 Å². The molecule has 1 aromatic heterocycles. The lowest BCUT2D eigenvalue weighted by Crippen LogP contribution is -2.31. The second-order valence-electron chi connectivity index (χ2n) is 5.05. The van der Waals surface area contributed by atoms with Crippen molar-refractivity contribution in [1.82, 2.24) is 15.1 Å². The standard InChI is InChI=1S/C13H23N3O2/c1-16-9-11(7-15-16)6-14-8-12(17)10-18-13-4-2-3-5-13/h7,9,12-14,17H,2-6,8,10H2,1H3. The zero-order valence-electron chi connectivity index (χ0n) is 11.0. The molecule has 2 N–H and O–H groups in total. The van der Waals surface area contributed by atoms with Crippen LogP contribution in [0.1, 0.15) is 31.2 Å². The van der Waals surface area contributed by atoms with Gasteiger partial charge in [-0.05, 0) is 12.8 Å². The molecule has 1 aliphatic rings. The molecule has 0 aromatic carbocycles. The molecule has 0 saturated heterocycles. The zero-order chi connectivity index (χ0) is 12.8. The molecule has 1 unspecified atom stereocenters. The summed E-state index contributed by atoms with van der Waals surface area (Å²) in [6.45, 7) is 1.72. The Labute approximate surface area is 108 Å². The molecule has 2 rings (SSSR count). The zero-order valence-corrected chi connectivity index (χ0v) is 11.0. The predicted molar refractivity (Wildman–Crippen MR) is 69.1 cm³/mol. The lowest BCUT2D eigenvalue weighted by Gasteiger charge is -2.15. The van der Waals surface area contributed by atoms with Gasteiger partial charge in [-0.2, -0.15) is 5.10 Å². The maximum Gasteiger partial charge on any atom is 0.0897 e. The summed E-state index contributed by atoms with van der Waals surface area (Å²) >= 11 is 0. The minimum Gasteiger partial charge on any atom is -0.389 e. The van der Waals surface area contributed by atoms with Gasteiger partial charge in [-0.1, -0.05) is 12.8 Å². The lowest BCUT2D eigenvalue weighted by molar-refractivity contribution is -0.00549. The summed E-state index contributed by atoms with van der Waals surface area (Å²) in [5.41, 5.74) is 1.13. The summed E-state index contributed by atoms with van der Waals surface area (Å²) in [5, 5.41) is 17.1. The van der Waals surface area contributed by atoms with Gasteiger partial charge >= 0.3 is 0 Å². The summed E-state index contributed by atoms with van der Waals surface area (Å²) in [4.78, 5) is 0. The Bertz CT molecular complexity index is 348. The summed E-state index contributed by atoms with van der Waals surface area (Å²) in [5.74, 6) is 0. The number of aromatic nitrogens is 2. The Morgan fingerprint density at radius 3 is 3.00 bits per heavy atom. The number of nitrogens with zero attached hydrogens (tertiary/aromatic N) is 2. The van der Waals surface area contributed by atoms with E-state index >= 15 is 0 Å². The Balaban J connectivity index is 1.55. The first-order valence-electron chi connectivity index (χ1n) is 6.72. The number of hydrogen-bond acceptors (Lipinski definition) is 4. The summed E-state index contributed by atoms with van der Waals surface area (Å²) < 4.78 is 7.44. The molecule has 0 bridgehead atoms. The smallest absolute Gasteiger partial charge is 0.0897 e. The van der Waals surface area contributed by atoms with Crippen LogP contribution in [-0.4, -0.2) is 40.2 Å². The molecular formula is C13H23N3O2. The Morgan fingerprint density at radius 1 is 1.56 bits per heavy atom. The molecule has 18 heavy (non-hydrogen) atoms. The number of rotatable bonds is 7. The van der Waals surface area contributed by atoms with Crippen molar-refractivity contribution in [2.45, 2.75) is 44.4 Å². The van der Waals surface area contributed by atoms with E-state index < -0.39 is 6.10 Å². The van der Waals surface area contributed by atoms with Crippen LogP contribution in [-0.2, 0) is 18.3 Å². The quantitative estimate of drug-likeness (QED) is 0.755. The third kappa shape index (κ3) is 4.40. The third-order valence-corrected chi connectivity index (χ3v) is 3.29. The highest BCUT2D eigenvalue weighted by Crippen LogP contribution is 2.20. The Kier molecular flexibility index (Phi) is 5.16. The van der Waals surface area contributed by atoms with Gasteiger partial charge in [0.25, 0.3) is 0 Å². The van der Waals surface area contributed by atoms with Gasteiger partial charge in [0.05, 0.1) is 25.0 Å². The summed E-state index contributed by atoms with van der Waals surface area (Å²) in [6, 6.07) is 0. The van der Waals surface area contributed by atoms with Crippen molar-refractivity contribution in [2.24, 2.45) is 7.05 Å². The maximum absolute atomic E-state index is 9.78. The van der Waals surface area contributed by atoms with E-state index in [9.17, 15) is 5.11 Å². The van der Waals surface area contributed by atoms with Gasteiger partial charge in [0.1, 0.15) is 0 Å². The number of nitrogens with one attached hydrogen (secondary N) is 1. The minimum absolute atomic E-state index is 0.373. The molecule has 0 spiro atoms. The van der Waals surface area contributed by atoms with E-state index in [1.54, 1.807) is 4.68 Å². The molecule has 0 amide bonds. The van der Waals surface area contributed by atoms with Crippen molar-refractivity contribution in [3.05, 3.63) is 18.0 Å². The van der Waals surface area contributed by atoms with Gasteiger partial charge < -0.3 is 15.2 Å². The fourth-order valence-electron chi connectivity index (χ4n) is 2.31. The van der Waals surface area contributed by atoms with Gasteiger partial charge in [0.2, 0.25) is 0 Å². The van der Waals surface area contributed by atoms with Crippen LogP contribution in [0.25, 0.3) is 0 Å². The summed E-state index contributed by atoms with van der Waals surface area (Å²) in [7, 11) is 1.90. The van der Waals surface area contributed by atoms with E-state index in [1.165, 1.54) is 12.8 Å². The molecule has 1 heterocycles. The molecule has 1 aromatic rings. The molecule has 1 fully saturated rings. The number of aryl methyl sites for hydroxylation is 1. The second-order valence-corrected chi connectivity index (χ2v) is 5.05. The van der Waals surface area contributed by atoms with Crippen LogP contribution in [0.2, 0.25) is 0 Å². The third-order valence-electron chi connectivity index (χ3n) is 3.29. The number of aliphatic hydroxyl groups excluding tert-OH is 1. The molecule has 1 atom stereocenters. The lowest BCUT2D eigenvalue weighted by atomic mass is 10.3. The van der Waals surface area contributed by atoms with Crippen molar-refractivity contribution < 1.29 is 9.84 Å². The average molecular weight is 253 g/mol. The van der Waals surface area contributed by atoms with Gasteiger partial charge in [0.15, 0.2) is 0 Å². The monoisotopic (exact) mass is 253 g/mol. The fourth-order valence-corrected chi connectivity index (χ4v) is 2.31. The van der Waals surface area contributed by atoms with E-state index in [1.807, 2.05) is 19.4 Å². The molecule has 5 nitrogen and oxygen atoms in total. The molecule has 1 saturated carbocycles. The predicted octanol–water partition coefficient (Wildman–Crippen LogP) is 0.830. The van der Waals surface area contributed by atoms with Crippen molar-refractivity contribution in [2.75, 3.05) is 13.2 Å². The first-order valence-corrected chi connectivity index (χ1v) is 6.72. The van der Waals surface area contributed by atoms with Gasteiger partial charge in [-0.15, -0.1) is 0 Å². The van der Waals surface area contributed by atoms with Crippen LogP contribution in [0.3, 0.4) is 0 Å². The molecule has 0 aliphatic heterocycles. The van der Waals surface area contributed by atoms with Gasteiger partial charge in [-0.25, -0.2) is 0 Å². The Hall–Kier alpha value is -0.910. The fraction of sp³-hybridized carbons (Fsp3) is 0.769. The van der Waals surface area contributed by atoms with Crippen LogP contribution in [0.5, 0.6) is 0 Å². The maximum atomic E-state index is 9.78. The van der Waals surface area contributed by atoms with E-state index in [0.717, 1.165) is 24.9 Å². The van der Waals surface area contributed by atoms with Crippen LogP contribution in [0.4, 0.5) is 0 Å². The van der Waals surface area contributed by atoms with E-state index in [2.05, 4.69) is 10.4 Å². The van der Waals surface area contributed by atoms with Crippen LogP contribution in [0, 0.1) is 0 Å². The van der Waals surface area contributed by atoms with Crippen LogP contribution in [0.15, 0.2) is 12.4 Å². The normalized spacial score (nSPS) is 18.3. The second kappa shape index (κ2) is 6.87. The highest BCUT2D eigenvalue weighted by atomic mass is 16.5. The first-order chi connectivity index (χ1) is 8.74. The average Bonchev–Trinajstić information content (AvgIpc) is 2.98. The van der Waals surface area contributed by atoms with E-state index in [0.29, 0.717) is 19.3 Å². The molecule has 5 heteroatoms. The first kappa shape index (κ1) is 13.5. The minimum atomic E-state index is -0.428. The molecule has 102 valence electrons. The van der Waals surface area contributed by atoms with Gasteiger partial charge in [0, 0.05) is 31.9 Å². The van der Waals surface area contributed by atoms with Crippen molar-refractivity contribution >= 4 is 0 Å². The highest BCUT2D eigenvalue weighted by molar-refractivity contribution is 5.02. The number of hydrogen-bond donors (Lipinski definition) is 2. The SMILES string of the molecule is Cn1cc(CNCC(O)COC2CCCC2)cn1. The van der Waals surface area contributed by atoms with Crippen molar-refractivity contribution in [3.63, 3.8) is 0 Å². The van der Waals surface area contributed by atoms with Crippen LogP contribution < -0.4 is 5.32 Å². The van der Waals surface area contributed by atoms with Gasteiger partial charge in [-0.3, -0.25) is 4.68 Å². The van der Waals surface area contributed by atoms with E-state index in [4.69, 9.17) is 4.74 Å². The Morgan fingerprint density at radius 2 is 2.33 bits per heavy atom. The highest BCUT2D eigenvalue weighted by Gasteiger charge is 2.16. The van der Waals surface area contributed by atoms with Crippen LogP contribution >= 0.6 is 0 Å². The van der Waals surface area contributed by atoms with Crippen molar-refractivity contribution in [1.29, 1.82) is 0 Å². The topological polar surface area (TPSA) is 59.3 Å². The largest absolute Gasteiger partial charge is 0.389 e. The molecular weight excluding hydrogens is 230 g/mol. The number of ether oxygens (including phenoxy) is 1.